The Balaban J connectivity index is 1.54. The van der Waals surface area contributed by atoms with Crippen LogP contribution in [0.4, 0.5) is 0 Å². The monoisotopic (exact) mass is 398 g/mol. The molecule has 2 fully saturated rings. The summed E-state index contributed by atoms with van der Waals surface area (Å²) in [6.07, 6.45) is 3.73. The number of carbonyl (C=O) groups excluding carboxylic acids is 1. The molecule has 0 aromatic carbocycles. The number of amides is 1. The van der Waals surface area contributed by atoms with Crippen LogP contribution in [0.5, 0.6) is 0 Å². The summed E-state index contributed by atoms with van der Waals surface area (Å²) in [5.41, 5.74) is 0.668. The van der Waals surface area contributed by atoms with Crippen LogP contribution in [0.3, 0.4) is 0 Å². The number of piperidine rings is 1. The Morgan fingerprint density at radius 2 is 2.04 bits per heavy atom. The first kappa shape index (κ1) is 18.4. The molecule has 1 spiro atoms. The summed E-state index contributed by atoms with van der Waals surface area (Å²) in [6, 6.07) is 2.07. The molecule has 26 heavy (non-hydrogen) atoms. The summed E-state index contributed by atoms with van der Waals surface area (Å²) >= 11 is 1.55. The van der Waals surface area contributed by atoms with Crippen molar-refractivity contribution in [1.82, 2.24) is 9.62 Å². The van der Waals surface area contributed by atoms with E-state index in [0.717, 1.165) is 29.7 Å². The summed E-state index contributed by atoms with van der Waals surface area (Å²) in [7, 11) is -3.13. The Morgan fingerprint density at radius 3 is 2.65 bits per heavy atom. The van der Waals surface area contributed by atoms with Crippen molar-refractivity contribution in [2.24, 2.45) is 0 Å². The molecule has 0 atom stereocenters. The first-order chi connectivity index (χ1) is 12.3. The summed E-state index contributed by atoms with van der Waals surface area (Å²) in [5, 5.41) is 2.79. The van der Waals surface area contributed by atoms with Crippen LogP contribution in [0.2, 0.25) is 0 Å². The molecule has 8 heteroatoms. The van der Waals surface area contributed by atoms with Gasteiger partial charge in [0.25, 0.3) is 5.91 Å². The van der Waals surface area contributed by atoms with Gasteiger partial charge in [0.2, 0.25) is 10.0 Å². The highest BCUT2D eigenvalue weighted by molar-refractivity contribution is 7.90. The molecule has 1 saturated carbocycles. The lowest BCUT2D eigenvalue weighted by Gasteiger charge is -2.43. The van der Waals surface area contributed by atoms with Crippen molar-refractivity contribution in [3.8, 4) is 0 Å². The number of fused-ring (bicyclic) bond motifs is 2. The standard InChI is InChI=1S/C18H26N2O4S2/c1-12(2)19-17(21)16-11-14-15(25-16)5-10-24-18(14)6-8-20(9-7-18)26(22,23)13-3-4-13/h11-13H,3-10H2,1-2H3,(H,19,21). The average molecular weight is 399 g/mol. The molecule has 0 unspecified atom stereocenters. The molecule has 3 heterocycles. The second-order valence-electron chi connectivity index (χ2n) is 7.81. The van der Waals surface area contributed by atoms with Crippen molar-refractivity contribution < 1.29 is 17.9 Å². The number of carbonyl (C=O) groups is 1. The summed E-state index contributed by atoms with van der Waals surface area (Å²) in [4.78, 5) is 14.3. The largest absolute Gasteiger partial charge is 0.370 e. The Hall–Kier alpha value is -0.960. The van der Waals surface area contributed by atoms with Crippen LogP contribution in [0.25, 0.3) is 0 Å². The molecule has 2 aliphatic heterocycles. The van der Waals surface area contributed by atoms with E-state index in [1.165, 1.54) is 4.88 Å². The second-order valence-corrected chi connectivity index (χ2v) is 11.2. The first-order valence-corrected chi connectivity index (χ1v) is 11.7. The molecule has 144 valence electrons. The third-order valence-corrected chi connectivity index (χ3v) is 9.08. The molecule has 0 radical (unpaired) electrons. The molecule has 1 amide bonds. The maximum absolute atomic E-state index is 12.5. The minimum atomic E-state index is -3.13. The number of nitrogens with zero attached hydrogens (tertiary/aromatic N) is 1. The van der Waals surface area contributed by atoms with Gasteiger partial charge in [-0.2, -0.15) is 0 Å². The van der Waals surface area contributed by atoms with E-state index >= 15 is 0 Å². The molecule has 1 N–H and O–H groups in total. The molecule has 1 aromatic heterocycles. The van der Waals surface area contributed by atoms with Crippen molar-refractivity contribution >= 4 is 27.3 Å². The quantitative estimate of drug-likeness (QED) is 0.844. The molecular weight excluding hydrogens is 372 g/mol. The molecule has 1 saturated heterocycles. The molecule has 4 rings (SSSR count). The first-order valence-electron chi connectivity index (χ1n) is 9.39. The molecular formula is C18H26N2O4S2. The molecule has 1 aliphatic carbocycles. The maximum atomic E-state index is 12.5. The summed E-state index contributed by atoms with van der Waals surface area (Å²) < 4.78 is 32.8. The highest BCUT2D eigenvalue weighted by atomic mass is 32.2. The van der Waals surface area contributed by atoms with Crippen molar-refractivity contribution in [3.05, 3.63) is 21.4 Å². The van der Waals surface area contributed by atoms with Crippen LogP contribution in [0.15, 0.2) is 6.07 Å². The second kappa shape index (κ2) is 6.58. The normalized spacial score (nSPS) is 23.2. The topological polar surface area (TPSA) is 75.7 Å². The number of hydrogen-bond acceptors (Lipinski definition) is 5. The lowest BCUT2D eigenvalue weighted by molar-refractivity contribution is -0.0883. The van der Waals surface area contributed by atoms with Gasteiger partial charge in [-0.15, -0.1) is 11.3 Å². The lowest BCUT2D eigenvalue weighted by atomic mass is 9.83. The zero-order chi connectivity index (χ0) is 18.5. The van der Waals surface area contributed by atoms with Crippen LogP contribution < -0.4 is 5.32 Å². The molecule has 0 bridgehead atoms. The fourth-order valence-corrected chi connectivity index (χ4v) is 6.93. The van der Waals surface area contributed by atoms with Crippen molar-refractivity contribution in [3.63, 3.8) is 0 Å². The highest BCUT2D eigenvalue weighted by Crippen LogP contribution is 2.45. The predicted octanol–water partition coefficient (Wildman–Crippen LogP) is 2.24. The van der Waals surface area contributed by atoms with Gasteiger partial charge in [0.1, 0.15) is 0 Å². The Bertz CT molecular complexity index is 803. The Labute approximate surface area is 159 Å². The van der Waals surface area contributed by atoms with Gasteiger partial charge in [-0.3, -0.25) is 4.79 Å². The average Bonchev–Trinajstić information content (AvgIpc) is 3.35. The summed E-state index contributed by atoms with van der Waals surface area (Å²) in [5.74, 6) is -0.0386. The lowest BCUT2D eigenvalue weighted by Crippen LogP contribution is -2.48. The third-order valence-electron chi connectivity index (χ3n) is 5.49. The van der Waals surface area contributed by atoms with Gasteiger partial charge >= 0.3 is 0 Å². The number of nitrogens with one attached hydrogen (secondary N) is 1. The van der Waals surface area contributed by atoms with Gasteiger partial charge in [-0.25, -0.2) is 12.7 Å². The number of thiophene rings is 1. The highest BCUT2D eigenvalue weighted by Gasteiger charge is 2.47. The smallest absolute Gasteiger partial charge is 0.261 e. The molecule has 1 aromatic rings. The molecule has 6 nitrogen and oxygen atoms in total. The Morgan fingerprint density at radius 1 is 1.35 bits per heavy atom. The summed E-state index contributed by atoms with van der Waals surface area (Å²) in [6.45, 7) is 5.54. The number of ether oxygens (including phenoxy) is 1. The number of hydrogen-bond donors (Lipinski definition) is 1. The van der Waals surface area contributed by atoms with E-state index < -0.39 is 15.6 Å². The van der Waals surface area contributed by atoms with Gasteiger partial charge in [-0.05, 0) is 51.2 Å². The fourth-order valence-electron chi connectivity index (χ4n) is 3.95. The Kier molecular flexibility index (Phi) is 4.66. The van der Waals surface area contributed by atoms with Crippen molar-refractivity contribution in [1.29, 1.82) is 0 Å². The van der Waals surface area contributed by atoms with Crippen LogP contribution in [0, 0.1) is 0 Å². The minimum Gasteiger partial charge on any atom is -0.370 e. The molecule has 3 aliphatic rings. The van der Waals surface area contributed by atoms with E-state index in [0.29, 0.717) is 32.5 Å². The zero-order valence-corrected chi connectivity index (χ0v) is 16.9. The van der Waals surface area contributed by atoms with Gasteiger partial charge in [0.05, 0.1) is 22.3 Å². The van der Waals surface area contributed by atoms with Crippen LogP contribution in [-0.4, -0.2) is 49.6 Å². The van der Waals surface area contributed by atoms with E-state index in [1.807, 2.05) is 19.9 Å². The predicted molar refractivity (Wildman–Crippen MR) is 101 cm³/mol. The number of rotatable bonds is 4. The third kappa shape index (κ3) is 3.21. The van der Waals surface area contributed by atoms with Crippen LogP contribution in [0.1, 0.15) is 59.6 Å². The van der Waals surface area contributed by atoms with E-state index in [9.17, 15) is 13.2 Å². The SMILES string of the molecule is CC(C)NC(=O)c1cc2c(s1)CCOC21CCN(S(=O)(=O)C2CC2)CC1. The van der Waals surface area contributed by atoms with Gasteiger partial charge in [0.15, 0.2) is 0 Å². The van der Waals surface area contributed by atoms with Crippen molar-refractivity contribution in [2.45, 2.75) is 62.8 Å². The fraction of sp³-hybridized carbons (Fsp3) is 0.722. The van der Waals surface area contributed by atoms with Crippen LogP contribution in [-0.2, 0) is 26.8 Å². The van der Waals surface area contributed by atoms with Gasteiger partial charge < -0.3 is 10.1 Å². The zero-order valence-electron chi connectivity index (χ0n) is 15.3. The minimum absolute atomic E-state index is 0.0386. The number of sulfonamides is 1. The van der Waals surface area contributed by atoms with Crippen molar-refractivity contribution in [2.75, 3.05) is 19.7 Å². The van der Waals surface area contributed by atoms with E-state index in [2.05, 4.69) is 5.32 Å². The van der Waals surface area contributed by atoms with Gasteiger partial charge in [-0.1, -0.05) is 0 Å². The maximum Gasteiger partial charge on any atom is 0.261 e. The van der Waals surface area contributed by atoms with Crippen LogP contribution >= 0.6 is 11.3 Å². The van der Waals surface area contributed by atoms with Gasteiger partial charge in [0, 0.05) is 30.4 Å². The van der Waals surface area contributed by atoms with E-state index in [-0.39, 0.29) is 17.2 Å². The van der Waals surface area contributed by atoms with E-state index in [1.54, 1.807) is 15.6 Å². The van der Waals surface area contributed by atoms with E-state index in [4.69, 9.17) is 4.74 Å².